The van der Waals surface area contributed by atoms with Crippen LogP contribution in [0.4, 0.5) is 5.69 Å². The van der Waals surface area contributed by atoms with E-state index in [4.69, 9.17) is 0 Å². The molecule has 1 aromatic heterocycles. The smallest absolute Gasteiger partial charge is 0.243 e. The molecule has 7 heteroatoms. The third kappa shape index (κ3) is 3.78. The highest BCUT2D eigenvalue weighted by Crippen LogP contribution is 2.26. The second-order valence-electron chi connectivity index (χ2n) is 6.57. The molecule has 0 radical (unpaired) electrons. The molecule has 1 fully saturated rings. The molecule has 1 amide bonds. The second-order valence-corrected chi connectivity index (χ2v) is 8.51. The molecule has 6 nitrogen and oxygen atoms in total. The standard InChI is InChI=1S/C19H23N3O3S/c1-15-13-17(10-11-20-15)21(2)19(23)16-7-6-12-22(14-16)26(24,25)18-8-4-3-5-9-18/h3-5,8-11,13,16H,6-7,12,14H2,1-2H3. The van der Waals surface area contributed by atoms with Crippen molar-refractivity contribution in [3.05, 3.63) is 54.4 Å². The number of hydrogen-bond acceptors (Lipinski definition) is 4. The summed E-state index contributed by atoms with van der Waals surface area (Å²) < 4.78 is 27.1. The predicted octanol–water partition coefficient (Wildman–Crippen LogP) is 2.45. The molecule has 2 aromatic rings. The average Bonchev–Trinajstić information content (AvgIpc) is 2.67. The molecule has 0 N–H and O–H groups in total. The highest BCUT2D eigenvalue weighted by atomic mass is 32.2. The lowest BCUT2D eigenvalue weighted by atomic mass is 9.98. The molecule has 1 atom stereocenters. The average molecular weight is 373 g/mol. The number of carbonyl (C=O) groups excluding carboxylic acids is 1. The Labute approximate surface area is 154 Å². The van der Waals surface area contributed by atoms with Gasteiger partial charge in [0.05, 0.1) is 10.8 Å². The van der Waals surface area contributed by atoms with Gasteiger partial charge in [0.2, 0.25) is 15.9 Å². The summed E-state index contributed by atoms with van der Waals surface area (Å²) in [7, 11) is -1.85. The predicted molar refractivity (Wildman–Crippen MR) is 100 cm³/mol. The van der Waals surface area contributed by atoms with E-state index >= 15 is 0 Å². The monoisotopic (exact) mass is 373 g/mol. The second kappa shape index (κ2) is 7.55. The summed E-state index contributed by atoms with van der Waals surface area (Å²) in [6.07, 6.45) is 3.03. The SMILES string of the molecule is Cc1cc(N(C)C(=O)C2CCCN(S(=O)(=O)c3ccccc3)C2)ccn1. The summed E-state index contributed by atoms with van der Waals surface area (Å²) >= 11 is 0. The van der Waals surface area contributed by atoms with E-state index in [0.29, 0.717) is 19.4 Å². The van der Waals surface area contributed by atoms with Crippen LogP contribution in [0.5, 0.6) is 0 Å². The van der Waals surface area contributed by atoms with Crippen LogP contribution < -0.4 is 4.90 Å². The normalized spacial score (nSPS) is 18.5. The first-order valence-corrected chi connectivity index (χ1v) is 10.1. The number of sulfonamides is 1. The van der Waals surface area contributed by atoms with Crippen molar-refractivity contribution in [2.45, 2.75) is 24.7 Å². The maximum atomic E-state index is 12.9. The zero-order valence-electron chi connectivity index (χ0n) is 15.0. The van der Waals surface area contributed by atoms with Crippen LogP contribution >= 0.6 is 0 Å². The fourth-order valence-electron chi connectivity index (χ4n) is 3.24. The quantitative estimate of drug-likeness (QED) is 0.825. The van der Waals surface area contributed by atoms with Gasteiger partial charge in [0.25, 0.3) is 0 Å². The van der Waals surface area contributed by atoms with Crippen LogP contribution in [0, 0.1) is 12.8 Å². The molecule has 1 aliphatic rings. The molecule has 1 unspecified atom stereocenters. The van der Waals surface area contributed by atoms with Gasteiger partial charge in [-0.2, -0.15) is 4.31 Å². The van der Waals surface area contributed by atoms with Gasteiger partial charge in [-0.15, -0.1) is 0 Å². The van der Waals surface area contributed by atoms with Crippen LogP contribution in [-0.4, -0.2) is 43.8 Å². The maximum Gasteiger partial charge on any atom is 0.243 e. The van der Waals surface area contributed by atoms with Crippen LogP contribution in [0.15, 0.2) is 53.6 Å². The van der Waals surface area contributed by atoms with Gasteiger partial charge < -0.3 is 4.90 Å². The van der Waals surface area contributed by atoms with Gasteiger partial charge in [-0.05, 0) is 44.0 Å². The first kappa shape index (κ1) is 18.5. The van der Waals surface area contributed by atoms with Crippen molar-refractivity contribution < 1.29 is 13.2 Å². The van der Waals surface area contributed by atoms with E-state index < -0.39 is 10.0 Å². The van der Waals surface area contributed by atoms with Crippen LogP contribution in [0.3, 0.4) is 0 Å². The molecule has 26 heavy (non-hydrogen) atoms. The third-order valence-electron chi connectivity index (χ3n) is 4.71. The Balaban J connectivity index is 1.77. The van der Waals surface area contributed by atoms with Crippen molar-refractivity contribution in [3.63, 3.8) is 0 Å². The summed E-state index contributed by atoms with van der Waals surface area (Å²) in [6, 6.07) is 12.0. The summed E-state index contributed by atoms with van der Waals surface area (Å²) in [5.74, 6) is -0.413. The van der Waals surface area contributed by atoms with Crippen LogP contribution in [0.1, 0.15) is 18.5 Å². The lowest BCUT2D eigenvalue weighted by molar-refractivity contribution is -0.123. The maximum absolute atomic E-state index is 12.9. The number of nitrogens with zero attached hydrogens (tertiary/aromatic N) is 3. The van der Waals surface area contributed by atoms with Gasteiger partial charge in [0.15, 0.2) is 0 Å². The highest BCUT2D eigenvalue weighted by molar-refractivity contribution is 7.89. The first-order valence-electron chi connectivity index (χ1n) is 8.65. The van der Waals surface area contributed by atoms with E-state index in [1.165, 1.54) is 4.31 Å². The number of anilines is 1. The molecule has 0 bridgehead atoms. The Morgan fingerprint density at radius 1 is 1.23 bits per heavy atom. The summed E-state index contributed by atoms with van der Waals surface area (Å²) in [4.78, 5) is 18.9. The van der Waals surface area contributed by atoms with Crippen LogP contribution in [0.25, 0.3) is 0 Å². The molecule has 0 spiro atoms. The van der Waals surface area contributed by atoms with E-state index in [1.807, 2.05) is 13.0 Å². The minimum atomic E-state index is -3.57. The fourth-order valence-corrected chi connectivity index (χ4v) is 4.79. The van der Waals surface area contributed by atoms with E-state index in [0.717, 1.165) is 11.4 Å². The van der Waals surface area contributed by atoms with Gasteiger partial charge in [-0.3, -0.25) is 9.78 Å². The zero-order chi connectivity index (χ0) is 18.7. The minimum absolute atomic E-state index is 0.0661. The fraction of sp³-hybridized carbons (Fsp3) is 0.368. The largest absolute Gasteiger partial charge is 0.315 e. The zero-order valence-corrected chi connectivity index (χ0v) is 15.8. The number of aryl methyl sites for hydroxylation is 1. The molecule has 2 heterocycles. The Kier molecular flexibility index (Phi) is 5.38. The van der Waals surface area contributed by atoms with Crippen molar-refractivity contribution >= 4 is 21.6 Å². The Morgan fingerprint density at radius 3 is 2.65 bits per heavy atom. The van der Waals surface area contributed by atoms with Gasteiger partial charge in [0.1, 0.15) is 0 Å². The molecule has 3 rings (SSSR count). The Bertz CT molecular complexity index is 884. The number of benzene rings is 1. The molecule has 0 aliphatic carbocycles. The van der Waals surface area contributed by atoms with Crippen LogP contribution in [0.2, 0.25) is 0 Å². The van der Waals surface area contributed by atoms with Crippen molar-refractivity contribution in [1.29, 1.82) is 0 Å². The van der Waals surface area contributed by atoms with E-state index in [-0.39, 0.29) is 23.3 Å². The number of rotatable bonds is 4. The van der Waals surface area contributed by atoms with E-state index in [2.05, 4.69) is 4.98 Å². The molecule has 1 aromatic carbocycles. The number of hydrogen-bond donors (Lipinski definition) is 0. The summed E-state index contributed by atoms with van der Waals surface area (Å²) in [6.45, 7) is 2.53. The third-order valence-corrected chi connectivity index (χ3v) is 6.59. The number of amides is 1. The molecule has 1 aliphatic heterocycles. The van der Waals surface area contributed by atoms with Crippen molar-refractivity contribution in [2.75, 3.05) is 25.0 Å². The van der Waals surface area contributed by atoms with Gasteiger partial charge in [-0.1, -0.05) is 18.2 Å². The van der Waals surface area contributed by atoms with E-state index in [1.54, 1.807) is 54.5 Å². The van der Waals surface area contributed by atoms with Crippen molar-refractivity contribution in [3.8, 4) is 0 Å². The lowest BCUT2D eigenvalue weighted by Gasteiger charge is -2.33. The Hall–Kier alpha value is -2.25. The van der Waals surface area contributed by atoms with Gasteiger partial charge in [-0.25, -0.2) is 8.42 Å². The van der Waals surface area contributed by atoms with Crippen molar-refractivity contribution in [2.24, 2.45) is 5.92 Å². The van der Waals surface area contributed by atoms with Crippen molar-refractivity contribution in [1.82, 2.24) is 9.29 Å². The molecule has 1 saturated heterocycles. The molecular formula is C19H23N3O3S. The van der Waals surface area contributed by atoms with Crippen LogP contribution in [-0.2, 0) is 14.8 Å². The first-order chi connectivity index (χ1) is 12.4. The van der Waals surface area contributed by atoms with E-state index in [9.17, 15) is 13.2 Å². The van der Waals surface area contributed by atoms with Gasteiger partial charge >= 0.3 is 0 Å². The number of piperidine rings is 1. The molecule has 138 valence electrons. The number of aromatic nitrogens is 1. The van der Waals surface area contributed by atoms with Gasteiger partial charge in [0, 0.05) is 37.7 Å². The summed E-state index contributed by atoms with van der Waals surface area (Å²) in [5.41, 5.74) is 1.60. The molecular weight excluding hydrogens is 350 g/mol. The Morgan fingerprint density at radius 2 is 1.96 bits per heavy atom. The minimum Gasteiger partial charge on any atom is -0.315 e. The summed E-state index contributed by atoms with van der Waals surface area (Å²) in [5, 5.41) is 0. The number of carbonyl (C=O) groups is 1. The lowest BCUT2D eigenvalue weighted by Crippen LogP contribution is -2.45. The topological polar surface area (TPSA) is 70.6 Å². The molecule has 0 saturated carbocycles. The highest BCUT2D eigenvalue weighted by Gasteiger charge is 2.34. The number of pyridine rings is 1.